The first-order valence-corrected chi connectivity index (χ1v) is 3.91. The normalized spacial score (nSPS) is 10.2. The van der Waals surface area contributed by atoms with Crippen LogP contribution in [0.3, 0.4) is 0 Å². The average molecular weight is 167 g/mol. The van der Waals surface area contributed by atoms with Crippen molar-refractivity contribution in [3.63, 3.8) is 0 Å². The second kappa shape index (κ2) is 2.97. The number of nitrogen functional groups attached to an aromatic ring is 1. The molecule has 4 heteroatoms. The summed E-state index contributed by atoms with van der Waals surface area (Å²) in [5.41, 5.74) is 6.93. The van der Waals surface area contributed by atoms with Crippen LogP contribution in [0.5, 0.6) is 0 Å². The maximum atomic E-state index is 11.3. The fourth-order valence-electron chi connectivity index (χ4n) is 1.18. The SMILES string of the molecule is CCn1c(C)c(C)nc(N)c1=O. The van der Waals surface area contributed by atoms with E-state index >= 15 is 0 Å². The number of aryl methyl sites for hydroxylation is 1. The molecule has 12 heavy (non-hydrogen) atoms. The number of hydrogen-bond acceptors (Lipinski definition) is 3. The summed E-state index contributed by atoms with van der Waals surface area (Å²) in [6.45, 7) is 6.26. The van der Waals surface area contributed by atoms with Gasteiger partial charge < -0.3 is 10.3 Å². The summed E-state index contributed by atoms with van der Waals surface area (Å²) in [5, 5.41) is 0. The van der Waals surface area contributed by atoms with E-state index < -0.39 is 0 Å². The molecular weight excluding hydrogens is 154 g/mol. The zero-order valence-corrected chi connectivity index (χ0v) is 7.59. The van der Waals surface area contributed by atoms with Crippen LogP contribution in [0.25, 0.3) is 0 Å². The van der Waals surface area contributed by atoms with E-state index in [-0.39, 0.29) is 11.4 Å². The number of aromatic nitrogens is 2. The Bertz CT molecular complexity index is 354. The van der Waals surface area contributed by atoms with Crippen LogP contribution in [-0.4, -0.2) is 9.55 Å². The van der Waals surface area contributed by atoms with Crippen LogP contribution in [-0.2, 0) is 6.54 Å². The van der Waals surface area contributed by atoms with Gasteiger partial charge in [-0.1, -0.05) is 0 Å². The van der Waals surface area contributed by atoms with Crippen LogP contribution in [0.2, 0.25) is 0 Å². The van der Waals surface area contributed by atoms with Gasteiger partial charge in [-0.15, -0.1) is 0 Å². The lowest BCUT2D eigenvalue weighted by Gasteiger charge is -2.09. The molecule has 0 aromatic carbocycles. The van der Waals surface area contributed by atoms with E-state index in [1.807, 2.05) is 20.8 Å². The summed E-state index contributed by atoms with van der Waals surface area (Å²) in [4.78, 5) is 15.3. The molecule has 0 saturated carbocycles. The van der Waals surface area contributed by atoms with Gasteiger partial charge in [-0.2, -0.15) is 0 Å². The Hall–Kier alpha value is -1.32. The second-order valence-electron chi connectivity index (χ2n) is 2.72. The third-order valence-corrected chi connectivity index (χ3v) is 2.00. The highest BCUT2D eigenvalue weighted by atomic mass is 16.1. The zero-order chi connectivity index (χ0) is 9.30. The lowest BCUT2D eigenvalue weighted by atomic mass is 10.3. The molecule has 0 bridgehead atoms. The molecular formula is C8H13N3O. The van der Waals surface area contributed by atoms with E-state index in [4.69, 9.17) is 5.73 Å². The summed E-state index contributed by atoms with van der Waals surface area (Å²) in [5.74, 6) is 0.0833. The van der Waals surface area contributed by atoms with E-state index in [0.29, 0.717) is 6.54 Å². The predicted octanol–water partition coefficient (Wildman–Crippen LogP) is 0.462. The molecule has 4 nitrogen and oxygen atoms in total. The van der Waals surface area contributed by atoms with Gasteiger partial charge >= 0.3 is 0 Å². The molecule has 0 aliphatic rings. The van der Waals surface area contributed by atoms with Gasteiger partial charge in [0, 0.05) is 12.2 Å². The molecule has 1 heterocycles. The van der Waals surface area contributed by atoms with Crippen molar-refractivity contribution in [1.82, 2.24) is 9.55 Å². The molecule has 0 aliphatic heterocycles. The molecule has 0 spiro atoms. The van der Waals surface area contributed by atoms with Gasteiger partial charge in [0.2, 0.25) is 0 Å². The summed E-state index contributed by atoms with van der Waals surface area (Å²) in [6.07, 6.45) is 0. The Morgan fingerprint density at radius 3 is 2.58 bits per heavy atom. The molecule has 1 aromatic rings. The molecule has 1 rings (SSSR count). The van der Waals surface area contributed by atoms with Crippen molar-refractivity contribution in [2.75, 3.05) is 5.73 Å². The minimum absolute atomic E-state index is 0.0833. The third-order valence-electron chi connectivity index (χ3n) is 2.00. The number of rotatable bonds is 1. The van der Waals surface area contributed by atoms with Crippen molar-refractivity contribution in [2.45, 2.75) is 27.3 Å². The molecule has 66 valence electrons. The highest BCUT2D eigenvalue weighted by Gasteiger charge is 2.05. The van der Waals surface area contributed by atoms with E-state index in [1.165, 1.54) is 0 Å². The van der Waals surface area contributed by atoms with Gasteiger partial charge in [-0.25, -0.2) is 4.98 Å². The monoisotopic (exact) mass is 167 g/mol. The Labute approximate surface area is 71.0 Å². The van der Waals surface area contributed by atoms with E-state index in [0.717, 1.165) is 11.4 Å². The average Bonchev–Trinajstić information content (AvgIpc) is 2.02. The third kappa shape index (κ3) is 1.20. The smallest absolute Gasteiger partial charge is 0.293 e. The van der Waals surface area contributed by atoms with Crippen LogP contribution in [0.15, 0.2) is 4.79 Å². The Morgan fingerprint density at radius 1 is 1.50 bits per heavy atom. The van der Waals surface area contributed by atoms with Gasteiger partial charge in [0.1, 0.15) is 0 Å². The maximum Gasteiger partial charge on any atom is 0.293 e. The first-order chi connectivity index (χ1) is 5.57. The Kier molecular flexibility index (Phi) is 2.17. The van der Waals surface area contributed by atoms with Crippen LogP contribution in [0, 0.1) is 13.8 Å². The van der Waals surface area contributed by atoms with Gasteiger partial charge in [-0.05, 0) is 20.8 Å². The second-order valence-corrected chi connectivity index (χ2v) is 2.72. The summed E-state index contributed by atoms with van der Waals surface area (Å²) >= 11 is 0. The first kappa shape index (κ1) is 8.77. The van der Waals surface area contributed by atoms with Crippen molar-refractivity contribution >= 4 is 5.82 Å². The highest BCUT2D eigenvalue weighted by Crippen LogP contribution is 2.01. The maximum absolute atomic E-state index is 11.3. The van der Waals surface area contributed by atoms with Gasteiger partial charge in [-0.3, -0.25) is 4.79 Å². The van der Waals surface area contributed by atoms with Gasteiger partial charge in [0.25, 0.3) is 5.56 Å². The van der Waals surface area contributed by atoms with E-state index in [1.54, 1.807) is 4.57 Å². The van der Waals surface area contributed by atoms with E-state index in [9.17, 15) is 4.79 Å². The van der Waals surface area contributed by atoms with E-state index in [2.05, 4.69) is 4.98 Å². The fourth-order valence-corrected chi connectivity index (χ4v) is 1.18. The predicted molar refractivity (Wildman–Crippen MR) is 48.1 cm³/mol. The number of anilines is 1. The summed E-state index contributed by atoms with van der Waals surface area (Å²) in [7, 11) is 0. The van der Waals surface area contributed by atoms with Crippen molar-refractivity contribution in [3.8, 4) is 0 Å². The molecule has 0 aliphatic carbocycles. The number of hydrogen-bond donors (Lipinski definition) is 1. The van der Waals surface area contributed by atoms with Gasteiger partial charge in [0.05, 0.1) is 5.69 Å². The van der Waals surface area contributed by atoms with Crippen LogP contribution in [0.1, 0.15) is 18.3 Å². The number of nitrogens with two attached hydrogens (primary N) is 1. The minimum atomic E-state index is -0.194. The Balaban J connectivity index is 3.53. The fraction of sp³-hybridized carbons (Fsp3) is 0.500. The summed E-state index contributed by atoms with van der Waals surface area (Å²) in [6, 6.07) is 0. The quantitative estimate of drug-likeness (QED) is 0.661. The van der Waals surface area contributed by atoms with Gasteiger partial charge in [0.15, 0.2) is 5.82 Å². The van der Waals surface area contributed by atoms with Crippen molar-refractivity contribution in [3.05, 3.63) is 21.7 Å². The van der Waals surface area contributed by atoms with Crippen LogP contribution in [0.4, 0.5) is 5.82 Å². The molecule has 1 aromatic heterocycles. The molecule has 0 fully saturated rings. The van der Waals surface area contributed by atoms with Crippen LogP contribution < -0.4 is 11.3 Å². The molecule has 0 unspecified atom stereocenters. The summed E-state index contributed by atoms with van der Waals surface area (Å²) < 4.78 is 1.62. The molecule has 0 radical (unpaired) electrons. The lowest BCUT2D eigenvalue weighted by molar-refractivity contribution is 0.686. The molecule has 0 atom stereocenters. The van der Waals surface area contributed by atoms with Crippen molar-refractivity contribution < 1.29 is 0 Å². The highest BCUT2D eigenvalue weighted by molar-refractivity contribution is 5.28. The topological polar surface area (TPSA) is 60.9 Å². The van der Waals surface area contributed by atoms with Crippen molar-refractivity contribution in [2.24, 2.45) is 0 Å². The molecule has 0 saturated heterocycles. The lowest BCUT2D eigenvalue weighted by Crippen LogP contribution is -2.26. The molecule has 0 amide bonds. The zero-order valence-electron chi connectivity index (χ0n) is 7.59. The first-order valence-electron chi connectivity index (χ1n) is 3.91. The Morgan fingerprint density at radius 2 is 2.08 bits per heavy atom. The minimum Gasteiger partial charge on any atom is -0.379 e. The van der Waals surface area contributed by atoms with Crippen molar-refractivity contribution in [1.29, 1.82) is 0 Å². The standard InChI is InChI=1S/C8H13N3O/c1-4-11-6(3)5(2)10-7(9)8(11)12/h4H2,1-3H3,(H2,9,10). The number of nitrogens with zero attached hydrogens (tertiary/aromatic N) is 2. The van der Waals surface area contributed by atoms with Crippen LogP contribution >= 0.6 is 0 Å². The molecule has 2 N–H and O–H groups in total. The largest absolute Gasteiger partial charge is 0.379 e.